The fraction of sp³-hybridized carbons (Fsp3) is 0.421. The fourth-order valence-electron chi connectivity index (χ4n) is 3.08. The number of aromatic nitrogens is 2. The van der Waals surface area contributed by atoms with Gasteiger partial charge in [0.1, 0.15) is 17.6 Å². The molecular formula is C19H22FN3O4. The number of carbonyl (C=O) groups excluding carboxylic acids is 1. The molecule has 3 rings (SSSR count). The Morgan fingerprint density at radius 3 is 2.44 bits per heavy atom. The lowest BCUT2D eigenvalue weighted by atomic mass is 9.92. The highest BCUT2D eigenvalue weighted by Gasteiger charge is 2.25. The summed E-state index contributed by atoms with van der Waals surface area (Å²) in [4.78, 5) is 20.2. The first-order valence-corrected chi connectivity index (χ1v) is 8.76. The minimum Gasteiger partial charge on any atom is -0.497 e. The minimum atomic E-state index is -0.497. The third kappa shape index (κ3) is 4.84. The zero-order valence-electron chi connectivity index (χ0n) is 15.3. The lowest BCUT2D eigenvalue weighted by Crippen LogP contribution is -2.39. The maximum atomic E-state index is 12.8. The first-order chi connectivity index (χ1) is 13.1. The molecule has 0 bridgehead atoms. The molecule has 1 aromatic carbocycles. The number of hydrogen-bond acceptors (Lipinski definition) is 6. The molecule has 0 saturated heterocycles. The summed E-state index contributed by atoms with van der Waals surface area (Å²) in [5.41, 5.74) is 0.469. The van der Waals surface area contributed by atoms with Crippen LogP contribution in [0.25, 0.3) is 0 Å². The molecule has 1 fully saturated rings. The molecule has 1 aromatic heterocycles. The number of ether oxygens (including phenoxy) is 3. The van der Waals surface area contributed by atoms with E-state index in [4.69, 9.17) is 14.2 Å². The molecule has 1 N–H and O–H groups in total. The molecule has 144 valence electrons. The van der Waals surface area contributed by atoms with Gasteiger partial charge in [0, 0.05) is 12.1 Å². The summed E-state index contributed by atoms with van der Waals surface area (Å²) in [6.45, 7) is 0. The Morgan fingerprint density at radius 2 is 1.81 bits per heavy atom. The molecule has 0 atom stereocenters. The summed E-state index contributed by atoms with van der Waals surface area (Å²) in [6, 6.07) is 5.33. The van der Waals surface area contributed by atoms with E-state index in [1.54, 1.807) is 25.3 Å². The van der Waals surface area contributed by atoms with Crippen molar-refractivity contribution >= 4 is 5.91 Å². The van der Waals surface area contributed by atoms with E-state index in [0.717, 1.165) is 38.1 Å². The summed E-state index contributed by atoms with van der Waals surface area (Å²) in [6.07, 6.45) is 5.18. The molecule has 2 aromatic rings. The van der Waals surface area contributed by atoms with Crippen LogP contribution in [0.1, 0.15) is 36.0 Å². The van der Waals surface area contributed by atoms with Crippen LogP contribution >= 0.6 is 0 Å². The van der Waals surface area contributed by atoms with Crippen molar-refractivity contribution in [1.82, 2.24) is 15.3 Å². The average molecular weight is 375 g/mol. The van der Waals surface area contributed by atoms with Gasteiger partial charge in [0.15, 0.2) is 5.82 Å². The second kappa shape index (κ2) is 8.66. The monoisotopic (exact) mass is 375 g/mol. The Hall–Kier alpha value is -2.90. The van der Waals surface area contributed by atoms with E-state index in [1.165, 1.54) is 7.11 Å². The van der Waals surface area contributed by atoms with Crippen molar-refractivity contribution in [1.29, 1.82) is 0 Å². The quantitative estimate of drug-likeness (QED) is 0.836. The third-order valence-corrected chi connectivity index (χ3v) is 4.53. The van der Waals surface area contributed by atoms with Gasteiger partial charge in [-0.25, -0.2) is 14.4 Å². The summed E-state index contributed by atoms with van der Waals surface area (Å²) < 4.78 is 29.0. The largest absolute Gasteiger partial charge is 0.497 e. The Labute approximate surface area is 156 Å². The van der Waals surface area contributed by atoms with Gasteiger partial charge in [-0.15, -0.1) is 0 Å². The van der Waals surface area contributed by atoms with Crippen LogP contribution < -0.4 is 19.5 Å². The van der Waals surface area contributed by atoms with E-state index in [1.807, 2.05) is 0 Å². The van der Waals surface area contributed by atoms with E-state index >= 15 is 0 Å². The maximum absolute atomic E-state index is 12.8. The number of amides is 1. The van der Waals surface area contributed by atoms with Crippen LogP contribution in [0.5, 0.6) is 17.5 Å². The number of benzene rings is 1. The number of rotatable bonds is 6. The molecular weight excluding hydrogens is 353 g/mol. The molecule has 1 aliphatic carbocycles. The highest BCUT2D eigenvalue weighted by Crippen LogP contribution is 2.26. The molecule has 1 aliphatic rings. The van der Waals surface area contributed by atoms with E-state index in [0.29, 0.717) is 17.1 Å². The standard InChI is InChI=1S/C19H22FN3O4/c1-25-15-7-8-16(17(9-15)26-2)18(24)23-13-3-5-14(6-4-13)27-19-21-10-12(20)11-22-19/h7-11,13-14H,3-6H2,1-2H3,(H,23,24). The van der Waals surface area contributed by atoms with Gasteiger partial charge in [-0.3, -0.25) is 4.79 Å². The van der Waals surface area contributed by atoms with E-state index in [2.05, 4.69) is 15.3 Å². The predicted octanol–water partition coefficient (Wildman–Crippen LogP) is 2.75. The van der Waals surface area contributed by atoms with Crippen LogP contribution in [0.3, 0.4) is 0 Å². The SMILES string of the molecule is COc1ccc(C(=O)NC2CCC(Oc3ncc(F)cn3)CC2)c(OC)c1. The molecule has 1 heterocycles. The highest BCUT2D eigenvalue weighted by molar-refractivity contribution is 5.97. The molecule has 27 heavy (non-hydrogen) atoms. The highest BCUT2D eigenvalue weighted by atomic mass is 19.1. The number of halogens is 1. The van der Waals surface area contributed by atoms with Gasteiger partial charge in [0.2, 0.25) is 0 Å². The third-order valence-electron chi connectivity index (χ3n) is 4.53. The second-order valence-corrected chi connectivity index (χ2v) is 6.32. The maximum Gasteiger partial charge on any atom is 0.316 e. The fourth-order valence-corrected chi connectivity index (χ4v) is 3.08. The van der Waals surface area contributed by atoms with Crippen LogP contribution in [-0.4, -0.2) is 42.2 Å². The second-order valence-electron chi connectivity index (χ2n) is 6.32. The molecule has 0 radical (unpaired) electrons. The lowest BCUT2D eigenvalue weighted by molar-refractivity contribution is 0.0882. The molecule has 1 saturated carbocycles. The van der Waals surface area contributed by atoms with E-state index < -0.39 is 5.82 Å². The summed E-state index contributed by atoms with van der Waals surface area (Å²) in [7, 11) is 3.08. The van der Waals surface area contributed by atoms with Crippen molar-refractivity contribution in [3.8, 4) is 17.5 Å². The van der Waals surface area contributed by atoms with Crippen molar-refractivity contribution in [3.05, 3.63) is 42.0 Å². The van der Waals surface area contributed by atoms with Crippen molar-refractivity contribution in [3.63, 3.8) is 0 Å². The zero-order chi connectivity index (χ0) is 19.2. The van der Waals surface area contributed by atoms with Crippen LogP contribution in [0.2, 0.25) is 0 Å². The van der Waals surface area contributed by atoms with E-state index in [-0.39, 0.29) is 24.1 Å². The van der Waals surface area contributed by atoms with Gasteiger partial charge in [-0.1, -0.05) is 0 Å². The van der Waals surface area contributed by atoms with Gasteiger partial charge in [-0.2, -0.15) is 0 Å². The van der Waals surface area contributed by atoms with Crippen LogP contribution in [-0.2, 0) is 0 Å². The summed E-state index contributed by atoms with van der Waals surface area (Å²) >= 11 is 0. The number of carbonyl (C=O) groups is 1. The summed E-state index contributed by atoms with van der Waals surface area (Å²) in [5, 5.41) is 3.04. The van der Waals surface area contributed by atoms with E-state index in [9.17, 15) is 9.18 Å². The van der Waals surface area contributed by atoms with Crippen molar-refractivity contribution < 1.29 is 23.4 Å². The van der Waals surface area contributed by atoms with Crippen LogP contribution in [0.15, 0.2) is 30.6 Å². The first kappa shape index (κ1) is 18.9. The number of nitrogens with one attached hydrogen (secondary N) is 1. The number of hydrogen-bond donors (Lipinski definition) is 1. The molecule has 8 heteroatoms. The Kier molecular flexibility index (Phi) is 6.05. The molecule has 0 spiro atoms. The van der Waals surface area contributed by atoms with Gasteiger partial charge in [0.25, 0.3) is 5.91 Å². The topological polar surface area (TPSA) is 82.6 Å². The number of methoxy groups -OCH3 is 2. The Bertz CT molecular complexity index is 777. The van der Waals surface area contributed by atoms with Gasteiger partial charge >= 0.3 is 6.01 Å². The number of nitrogens with zero attached hydrogens (tertiary/aromatic N) is 2. The normalized spacial score (nSPS) is 19.2. The van der Waals surface area contributed by atoms with Gasteiger partial charge in [0.05, 0.1) is 32.2 Å². The first-order valence-electron chi connectivity index (χ1n) is 8.76. The molecule has 7 nitrogen and oxygen atoms in total. The van der Waals surface area contributed by atoms with Gasteiger partial charge < -0.3 is 19.5 Å². The van der Waals surface area contributed by atoms with Gasteiger partial charge in [-0.05, 0) is 37.8 Å². The Morgan fingerprint density at radius 1 is 1.11 bits per heavy atom. The average Bonchev–Trinajstić information content (AvgIpc) is 2.70. The molecule has 0 unspecified atom stereocenters. The van der Waals surface area contributed by atoms with Crippen molar-refractivity contribution in [2.45, 2.75) is 37.8 Å². The van der Waals surface area contributed by atoms with Crippen LogP contribution in [0.4, 0.5) is 4.39 Å². The zero-order valence-corrected chi connectivity index (χ0v) is 15.3. The molecule has 1 amide bonds. The Balaban J connectivity index is 1.53. The van der Waals surface area contributed by atoms with Crippen LogP contribution in [0, 0.1) is 5.82 Å². The van der Waals surface area contributed by atoms with Crippen molar-refractivity contribution in [2.24, 2.45) is 0 Å². The summed E-state index contributed by atoms with van der Waals surface area (Å²) in [5.74, 6) is 0.421. The smallest absolute Gasteiger partial charge is 0.316 e. The molecule has 0 aliphatic heterocycles. The minimum absolute atomic E-state index is 0.0425. The predicted molar refractivity (Wildman–Crippen MR) is 95.7 cm³/mol. The van der Waals surface area contributed by atoms with Crippen molar-refractivity contribution in [2.75, 3.05) is 14.2 Å². The lowest BCUT2D eigenvalue weighted by Gasteiger charge is -2.29.